The lowest BCUT2D eigenvalue weighted by Gasteiger charge is -2.10. The van der Waals surface area contributed by atoms with Crippen LogP contribution >= 0.6 is 0 Å². The third-order valence-electron chi connectivity index (χ3n) is 2.61. The molecule has 0 spiro atoms. The zero-order valence-corrected chi connectivity index (χ0v) is 11.1. The monoisotopic (exact) mass is 301 g/mol. The van der Waals surface area contributed by atoms with Crippen LogP contribution in [0.3, 0.4) is 0 Å². The van der Waals surface area contributed by atoms with Crippen LogP contribution in [0.25, 0.3) is 0 Å². The lowest BCUT2D eigenvalue weighted by atomic mass is 10.2. The van der Waals surface area contributed by atoms with Crippen LogP contribution in [0.2, 0.25) is 0 Å². The Morgan fingerprint density at radius 3 is 2.10 bits per heavy atom. The molecule has 2 rings (SSSR count). The van der Waals surface area contributed by atoms with E-state index in [0.29, 0.717) is 5.56 Å². The fraction of sp³-hybridized carbons (Fsp3) is 0.0769. The molecule has 0 aliphatic heterocycles. The number of anilines is 1. The van der Waals surface area contributed by atoms with Crippen LogP contribution in [-0.2, 0) is 10.0 Å². The summed E-state index contributed by atoms with van der Waals surface area (Å²) in [5, 5.41) is 0. The third kappa shape index (κ3) is 2.77. The van der Waals surface area contributed by atoms with E-state index in [4.69, 9.17) is 0 Å². The maximum Gasteiger partial charge on any atom is 0.267 e. The molecule has 7 heteroatoms. The Hall–Kier alpha value is -2.02. The molecule has 0 amide bonds. The lowest BCUT2D eigenvalue weighted by Crippen LogP contribution is -2.16. The van der Waals surface area contributed by atoms with Gasteiger partial charge in [0, 0.05) is 0 Å². The largest absolute Gasteiger partial charge is 0.279 e. The molecule has 0 saturated carbocycles. The van der Waals surface area contributed by atoms with E-state index in [-0.39, 0.29) is 5.69 Å². The standard InChI is InChI=1S/C13H10F3NO2S/c1-8-5-6-9(7-12(8)16)17-20(18,19)13-10(14)3-2-4-11(13)15/h2-7,17H,1H3. The van der Waals surface area contributed by atoms with Crippen LogP contribution in [0.5, 0.6) is 0 Å². The number of nitrogens with one attached hydrogen (secondary N) is 1. The minimum Gasteiger partial charge on any atom is -0.279 e. The van der Waals surface area contributed by atoms with Crippen LogP contribution in [-0.4, -0.2) is 8.42 Å². The van der Waals surface area contributed by atoms with Gasteiger partial charge in [0.1, 0.15) is 17.5 Å². The van der Waals surface area contributed by atoms with Crippen molar-refractivity contribution in [1.82, 2.24) is 0 Å². The van der Waals surface area contributed by atoms with Gasteiger partial charge < -0.3 is 0 Å². The fourth-order valence-corrected chi connectivity index (χ4v) is 2.79. The summed E-state index contributed by atoms with van der Waals surface area (Å²) in [7, 11) is -4.47. The van der Waals surface area contributed by atoms with Gasteiger partial charge in [0.2, 0.25) is 0 Å². The van der Waals surface area contributed by atoms with Crippen LogP contribution in [0, 0.1) is 24.4 Å². The first kappa shape index (κ1) is 14.4. The average Bonchev–Trinajstić information content (AvgIpc) is 2.33. The molecule has 1 N–H and O–H groups in total. The van der Waals surface area contributed by atoms with Crippen molar-refractivity contribution in [2.24, 2.45) is 0 Å². The van der Waals surface area contributed by atoms with E-state index in [2.05, 4.69) is 0 Å². The molecule has 0 aliphatic carbocycles. The number of halogens is 3. The van der Waals surface area contributed by atoms with E-state index in [1.807, 2.05) is 4.72 Å². The zero-order valence-electron chi connectivity index (χ0n) is 10.3. The second kappa shape index (κ2) is 5.16. The van der Waals surface area contributed by atoms with Gasteiger partial charge >= 0.3 is 0 Å². The van der Waals surface area contributed by atoms with Crippen molar-refractivity contribution < 1.29 is 21.6 Å². The predicted molar refractivity (Wildman–Crippen MR) is 68.3 cm³/mol. The maximum absolute atomic E-state index is 13.5. The Morgan fingerprint density at radius 1 is 0.950 bits per heavy atom. The number of rotatable bonds is 3. The number of aryl methyl sites for hydroxylation is 1. The van der Waals surface area contributed by atoms with Crippen LogP contribution < -0.4 is 4.72 Å². The fourth-order valence-electron chi connectivity index (χ4n) is 1.60. The number of hydrogen-bond donors (Lipinski definition) is 1. The van der Waals surface area contributed by atoms with Gasteiger partial charge in [-0.3, -0.25) is 4.72 Å². The Kier molecular flexibility index (Phi) is 3.71. The molecular formula is C13H10F3NO2S. The first-order valence-corrected chi connectivity index (χ1v) is 7.02. The first-order valence-electron chi connectivity index (χ1n) is 5.54. The summed E-state index contributed by atoms with van der Waals surface area (Å²) in [6, 6.07) is 6.29. The van der Waals surface area contributed by atoms with Gasteiger partial charge in [-0.05, 0) is 36.8 Å². The maximum atomic E-state index is 13.5. The van der Waals surface area contributed by atoms with Crippen molar-refractivity contribution >= 4 is 15.7 Å². The van der Waals surface area contributed by atoms with Crippen molar-refractivity contribution in [3.63, 3.8) is 0 Å². The van der Waals surface area contributed by atoms with Crippen molar-refractivity contribution in [2.75, 3.05) is 4.72 Å². The van der Waals surface area contributed by atoms with Gasteiger partial charge in [0.15, 0.2) is 4.90 Å². The topological polar surface area (TPSA) is 46.2 Å². The highest BCUT2D eigenvalue weighted by Gasteiger charge is 2.24. The molecule has 0 atom stereocenters. The van der Waals surface area contributed by atoms with Crippen molar-refractivity contribution in [2.45, 2.75) is 11.8 Å². The highest BCUT2D eigenvalue weighted by molar-refractivity contribution is 7.92. The molecule has 20 heavy (non-hydrogen) atoms. The molecule has 0 heterocycles. The highest BCUT2D eigenvalue weighted by atomic mass is 32.2. The zero-order chi connectivity index (χ0) is 14.9. The molecule has 3 nitrogen and oxygen atoms in total. The van der Waals surface area contributed by atoms with Crippen molar-refractivity contribution in [3.8, 4) is 0 Å². The molecule has 0 bridgehead atoms. The van der Waals surface area contributed by atoms with E-state index in [1.165, 1.54) is 19.1 Å². The Bertz CT molecular complexity index is 740. The lowest BCUT2D eigenvalue weighted by molar-refractivity contribution is 0.521. The normalized spacial score (nSPS) is 11.4. The van der Waals surface area contributed by atoms with Gasteiger partial charge in [-0.25, -0.2) is 21.6 Å². The van der Waals surface area contributed by atoms with E-state index in [0.717, 1.165) is 24.3 Å². The summed E-state index contributed by atoms with van der Waals surface area (Å²) >= 11 is 0. The number of benzene rings is 2. The molecule has 0 aliphatic rings. The minimum atomic E-state index is -4.47. The molecule has 106 valence electrons. The summed E-state index contributed by atoms with van der Waals surface area (Å²) < 4.78 is 66.0. The van der Waals surface area contributed by atoms with Crippen LogP contribution in [0.4, 0.5) is 18.9 Å². The average molecular weight is 301 g/mol. The van der Waals surface area contributed by atoms with E-state index < -0.39 is 32.4 Å². The summed E-state index contributed by atoms with van der Waals surface area (Å²) in [4.78, 5) is -1.10. The molecule has 0 unspecified atom stereocenters. The second-order valence-electron chi connectivity index (χ2n) is 4.12. The van der Waals surface area contributed by atoms with Crippen LogP contribution in [0.1, 0.15) is 5.56 Å². The molecule has 0 aromatic heterocycles. The van der Waals surface area contributed by atoms with E-state index in [1.54, 1.807) is 0 Å². The van der Waals surface area contributed by atoms with E-state index in [9.17, 15) is 21.6 Å². The van der Waals surface area contributed by atoms with Gasteiger partial charge in [0.05, 0.1) is 5.69 Å². The van der Waals surface area contributed by atoms with Gasteiger partial charge in [-0.1, -0.05) is 12.1 Å². The van der Waals surface area contributed by atoms with Crippen LogP contribution in [0.15, 0.2) is 41.3 Å². The molecule has 2 aromatic rings. The highest BCUT2D eigenvalue weighted by Crippen LogP contribution is 2.22. The minimum absolute atomic E-state index is 0.115. The number of sulfonamides is 1. The quantitative estimate of drug-likeness (QED) is 0.946. The molecule has 0 saturated heterocycles. The summed E-state index contributed by atoms with van der Waals surface area (Å²) in [6.45, 7) is 1.50. The molecule has 2 aromatic carbocycles. The van der Waals surface area contributed by atoms with Gasteiger partial charge in [-0.2, -0.15) is 0 Å². The van der Waals surface area contributed by atoms with Crippen molar-refractivity contribution in [1.29, 1.82) is 0 Å². The second-order valence-corrected chi connectivity index (χ2v) is 5.74. The van der Waals surface area contributed by atoms with Gasteiger partial charge in [-0.15, -0.1) is 0 Å². The molecule has 0 radical (unpaired) electrons. The third-order valence-corrected chi connectivity index (χ3v) is 4.04. The Morgan fingerprint density at radius 2 is 1.55 bits per heavy atom. The van der Waals surface area contributed by atoms with Gasteiger partial charge in [0.25, 0.3) is 10.0 Å². The molecule has 0 fully saturated rings. The van der Waals surface area contributed by atoms with E-state index >= 15 is 0 Å². The Labute approximate surface area is 114 Å². The molecular weight excluding hydrogens is 291 g/mol. The first-order chi connectivity index (χ1) is 9.31. The Balaban J connectivity index is 2.43. The SMILES string of the molecule is Cc1ccc(NS(=O)(=O)c2c(F)cccc2F)cc1F. The summed E-state index contributed by atoms with van der Waals surface area (Å²) in [5.41, 5.74) is 0.209. The number of hydrogen-bond acceptors (Lipinski definition) is 2. The summed E-state index contributed by atoms with van der Waals surface area (Å²) in [6.07, 6.45) is 0. The van der Waals surface area contributed by atoms with Crippen molar-refractivity contribution in [3.05, 3.63) is 59.4 Å². The summed E-state index contributed by atoms with van der Waals surface area (Å²) in [5.74, 6) is -3.06. The predicted octanol–water partition coefficient (Wildman–Crippen LogP) is 3.21. The smallest absolute Gasteiger partial charge is 0.267 e.